The van der Waals surface area contributed by atoms with Gasteiger partial charge >= 0.3 is 0 Å². The van der Waals surface area contributed by atoms with Crippen LogP contribution in [-0.2, 0) is 0 Å². The third kappa shape index (κ3) is 1.95. The van der Waals surface area contributed by atoms with Gasteiger partial charge in [-0.3, -0.25) is 4.79 Å². The molecule has 1 aromatic carbocycles. The number of aromatic nitrogens is 2. The lowest BCUT2D eigenvalue weighted by molar-refractivity contribution is 0.100. The molecule has 2 N–H and O–H groups in total. The molecule has 0 aliphatic rings. The molecule has 1 amide bonds. The minimum Gasteiger partial charge on any atom is -0.383 e. The molecule has 7 heteroatoms. The van der Waals surface area contributed by atoms with Gasteiger partial charge in [-0.1, -0.05) is 18.2 Å². The van der Waals surface area contributed by atoms with Crippen molar-refractivity contribution in [2.45, 2.75) is 0 Å². The van der Waals surface area contributed by atoms with Crippen LogP contribution in [0.5, 0.6) is 0 Å². The Morgan fingerprint density at radius 2 is 2.12 bits per heavy atom. The highest BCUT2D eigenvalue weighted by atomic mass is 16.1. The molecule has 0 unspecified atom stereocenters. The molecule has 84 valence electrons. The number of rotatable bonds is 2. The van der Waals surface area contributed by atoms with Crippen molar-refractivity contribution in [2.24, 2.45) is 5.11 Å². The van der Waals surface area contributed by atoms with Crippen molar-refractivity contribution in [3.05, 3.63) is 52.5 Å². The average molecular weight is 228 g/mol. The molecule has 1 aromatic heterocycles. The van der Waals surface area contributed by atoms with E-state index in [-0.39, 0.29) is 11.4 Å². The third-order valence-corrected chi connectivity index (χ3v) is 2.17. The number of carbonyl (C=O) groups is 1. The molecule has 0 saturated carbocycles. The zero-order valence-electron chi connectivity index (χ0n) is 8.69. The van der Waals surface area contributed by atoms with Gasteiger partial charge in [-0.05, 0) is 22.8 Å². The van der Waals surface area contributed by atoms with Crippen LogP contribution in [0.15, 0.2) is 41.6 Å². The highest BCUT2D eigenvalue weighted by Crippen LogP contribution is 2.17. The number of para-hydroxylation sites is 1. The molecule has 0 saturated heterocycles. The van der Waals surface area contributed by atoms with E-state index in [1.165, 1.54) is 10.9 Å². The molecule has 0 aliphatic carbocycles. The van der Waals surface area contributed by atoms with Crippen molar-refractivity contribution in [1.82, 2.24) is 9.78 Å². The number of hydrogen-bond donors (Lipinski definition) is 1. The summed E-state index contributed by atoms with van der Waals surface area (Å²) in [5.41, 5.74) is 14.8. The number of nitrogen functional groups attached to an aromatic ring is 1. The van der Waals surface area contributed by atoms with Crippen LogP contribution in [-0.4, -0.2) is 15.7 Å². The first kappa shape index (κ1) is 10.7. The average Bonchev–Trinajstić information content (AvgIpc) is 2.72. The Labute approximate surface area is 96.1 Å². The Balaban J connectivity index is 2.47. The van der Waals surface area contributed by atoms with Crippen LogP contribution in [0.4, 0.5) is 5.82 Å². The molecule has 0 radical (unpaired) electrons. The fourth-order valence-electron chi connectivity index (χ4n) is 1.39. The van der Waals surface area contributed by atoms with Gasteiger partial charge in [-0.25, -0.2) is 4.68 Å². The van der Waals surface area contributed by atoms with E-state index in [1.54, 1.807) is 12.1 Å². The summed E-state index contributed by atoms with van der Waals surface area (Å²) in [4.78, 5) is 13.8. The first-order valence-corrected chi connectivity index (χ1v) is 4.72. The second-order valence-corrected chi connectivity index (χ2v) is 3.19. The van der Waals surface area contributed by atoms with Gasteiger partial charge in [-0.15, -0.1) is 0 Å². The van der Waals surface area contributed by atoms with E-state index in [0.717, 1.165) is 5.69 Å². The molecule has 0 aliphatic heterocycles. The predicted molar refractivity (Wildman–Crippen MR) is 61.5 cm³/mol. The van der Waals surface area contributed by atoms with Crippen molar-refractivity contribution >= 4 is 11.7 Å². The van der Waals surface area contributed by atoms with Crippen molar-refractivity contribution in [3.63, 3.8) is 0 Å². The minimum atomic E-state index is -0.743. The van der Waals surface area contributed by atoms with Gasteiger partial charge in [0.25, 0.3) is 5.91 Å². The molecule has 17 heavy (non-hydrogen) atoms. The first-order valence-electron chi connectivity index (χ1n) is 4.72. The Bertz CT molecular complexity index is 597. The van der Waals surface area contributed by atoms with E-state index >= 15 is 0 Å². The second-order valence-electron chi connectivity index (χ2n) is 3.19. The smallest absolute Gasteiger partial charge is 0.254 e. The fraction of sp³-hybridized carbons (Fsp3) is 0. The Hall–Kier alpha value is -2.79. The zero-order valence-corrected chi connectivity index (χ0v) is 8.69. The molecular formula is C10H8N6O. The van der Waals surface area contributed by atoms with Crippen molar-refractivity contribution < 1.29 is 4.79 Å². The standard InChI is InChI=1S/C10H8N6O/c11-9-8(10(17)14-15-12)6-13-16(9)7-4-2-1-3-5-7/h1-6H,11H2. The molecule has 0 bridgehead atoms. The lowest BCUT2D eigenvalue weighted by Crippen LogP contribution is -2.04. The maximum atomic E-state index is 11.4. The van der Waals surface area contributed by atoms with Crippen LogP contribution >= 0.6 is 0 Å². The summed E-state index contributed by atoms with van der Waals surface area (Å²) >= 11 is 0. The number of nitrogens with zero attached hydrogens (tertiary/aromatic N) is 5. The van der Waals surface area contributed by atoms with E-state index in [1.807, 2.05) is 18.2 Å². The highest BCUT2D eigenvalue weighted by molar-refractivity contribution is 5.99. The van der Waals surface area contributed by atoms with E-state index in [2.05, 4.69) is 15.1 Å². The number of amides is 1. The maximum absolute atomic E-state index is 11.4. The predicted octanol–water partition coefficient (Wildman–Crippen LogP) is 1.91. The monoisotopic (exact) mass is 228 g/mol. The number of anilines is 1. The van der Waals surface area contributed by atoms with Crippen LogP contribution < -0.4 is 5.73 Å². The summed E-state index contributed by atoms with van der Waals surface area (Å²) < 4.78 is 1.40. The van der Waals surface area contributed by atoms with Gasteiger partial charge < -0.3 is 5.73 Å². The van der Waals surface area contributed by atoms with Crippen molar-refractivity contribution in [2.75, 3.05) is 5.73 Å². The normalized spacial score (nSPS) is 9.65. The van der Waals surface area contributed by atoms with E-state index < -0.39 is 5.91 Å². The lowest BCUT2D eigenvalue weighted by Gasteiger charge is -2.03. The fourth-order valence-corrected chi connectivity index (χ4v) is 1.39. The molecule has 0 fully saturated rings. The molecule has 0 atom stereocenters. The summed E-state index contributed by atoms with van der Waals surface area (Å²) in [6, 6.07) is 9.10. The van der Waals surface area contributed by atoms with Crippen molar-refractivity contribution in [3.8, 4) is 5.69 Å². The van der Waals surface area contributed by atoms with E-state index in [0.29, 0.717) is 0 Å². The van der Waals surface area contributed by atoms with Gasteiger partial charge in [0.2, 0.25) is 0 Å². The van der Waals surface area contributed by atoms with Gasteiger partial charge in [0.05, 0.1) is 17.4 Å². The van der Waals surface area contributed by atoms with E-state index in [9.17, 15) is 4.79 Å². The summed E-state index contributed by atoms with van der Waals surface area (Å²) in [6.07, 6.45) is 1.28. The molecule has 1 heterocycles. The lowest BCUT2D eigenvalue weighted by atomic mass is 10.3. The molecule has 7 nitrogen and oxygen atoms in total. The first-order chi connectivity index (χ1) is 8.24. The summed E-state index contributed by atoms with van der Waals surface area (Å²) in [5, 5.41) is 6.95. The minimum absolute atomic E-state index is 0.0895. The van der Waals surface area contributed by atoms with Crippen LogP contribution in [0.1, 0.15) is 10.4 Å². The molecule has 0 spiro atoms. The molecule has 2 aromatic rings. The quantitative estimate of drug-likeness (QED) is 0.481. The molecular weight excluding hydrogens is 220 g/mol. The number of azide groups is 1. The van der Waals surface area contributed by atoms with Crippen LogP contribution in [0.3, 0.4) is 0 Å². The van der Waals surface area contributed by atoms with Crippen LogP contribution in [0.2, 0.25) is 0 Å². The third-order valence-electron chi connectivity index (χ3n) is 2.17. The van der Waals surface area contributed by atoms with Gasteiger partial charge in [0, 0.05) is 4.91 Å². The van der Waals surface area contributed by atoms with E-state index in [4.69, 9.17) is 11.3 Å². The summed E-state index contributed by atoms with van der Waals surface area (Å²) in [7, 11) is 0. The second kappa shape index (κ2) is 4.38. The number of benzene rings is 1. The van der Waals surface area contributed by atoms with Crippen LogP contribution in [0, 0.1) is 0 Å². The SMILES string of the molecule is [N-]=[N+]=NC(=O)c1cnn(-c2ccccc2)c1N. The summed E-state index contributed by atoms with van der Waals surface area (Å²) in [5.74, 6) is -0.596. The Kier molecular flexibility index (Phi) is 2.76. The number of hydrogen-bond acceptors (Lipinski definition) is 3. The van der Waals surface area contributed by atoms with Crippen LogP contribution in [0.25, 0.3) is 16.1 Å². The molecule has 2 rings (SSSR count). The maximum Gasteiger partial charge on any atom is 0.254 e. The number of nitrogens with two attached hydrogens (primary N) is 1. The Morgan fingerprint density at radius 1 is 1.41 bits per heavy atom. The largest absolute Gasteiger partial charge is 0.383 e. The Morgan fingerprint density at radius 3 is 2.76 bits per heavy atom. The van der Waals surface area contributed by atoms with Gasteiger partial charge in [0.1, 0.15) is 5.82 Å². The van der Waals surface area contributed by atoms with Crippen molar-refractivity contribution in [1.29, 1.82) is 0 Å². The highest BCUT2D eigenvalue weighted by Gasteiger charge is 2.14. The van der Waals surface area contributed by atoms with Gasteiger partial charge in [0.15, 0.2) is 0 Å². The van der Waals surface area contributed by atoms with Gasteiger partial charge in [-0.2, -0.15) is 5.10 Å². The zero-order chi connectivity index (χ0) is 12.3. The number of carbonyl (C=O) groups excluding carboxylic acids is 1. The topological polar surface area (TPSA) is 110 Å². The summed E-state index contributed by atoms with van der Waals surface area (Å²) in [6.45, 7) is 0.